The van der Waals surface area contributed by atoms with E-state index in [2.05, 4.69) is 31.4 Å². The highest BCUT2D eigenvalue weighted by Crippen LogP contribution is 2.21. The molecule has 0 fully saturated rings. The van der Waals surface area contributed by atoms with Crippen molar-refractivity contribution in [1.29, 1.82) is 0 Å². The third kappa shape index (κ3) is 3.27. The first-order chi connectivity index (χ1) is 9.30. The molecule has 2 aromatic heterocycles. The molecule has 0 saturated carbocycles. The summed E-state index contributed by atoms with van der Waals surface area (Å²) >= 11 is 3.41. The number of fused-ring (bicyclic) bond motifs is 1. The van der Waals surface area contributed by atoms with Gasteiger partial charge in [0, 0.05) is 11.5 Å². The van der Waals surface area contributed by atoms with Gasteiger partial charge in [0.1, 0.15) is 11.4 Å². The summed E-state index contributed by atoms with van der Waals surface area (Å²) in [5.74, 6) is 0.759. The van der Waals surface area contributed by atoms with E-state index in [9.17, 15) is 4.79 Å². The summed E-state index contributed by atoms with van der Waals surface area (Å²) in [4.78, 5) is 11.9. The highest BCUT2D eigenvalue weighted by Gasteiger charge is 2.18. The predicted octanol–water partition coefficient (Wildman–Crippen LogP) is 3.28. The highest BCUT2D eigenvalue weighted by atomic mass is 79.9. The second-order valence-corrected chi connectivity index (χ2v) is 6.02. The van der Waals surface area contributed by atoms with Crippen molar-refractivity contribution < 1.29 is 9.53 Å². The summed E-state index contributed by atoms with van der Waals surface area (Å²) in [6.07, 6.45) is 1.42. The second kappa shape index (κ2) is 5.40. The fourth-order valence-corrected chi connectivity index (χ4v) is 2.05. The van der Waals surface area contributed by atoms with Crippen molar-refractivity contribution in [3.05, 3.63) is 23.7 Å². The van der Waals surface area contributed by atoms with Crippen LogP contribution in [0.15, 0.2) is 12.3 Å². The van der Waals surface area contributed by atoms with Crippen LogP contribution in [-0.2, 0) is 10.1 Å². The summed E-state index contributed by atoms with van der Waals surface area (Å²) in [6, 6.07) is 1.85. The third-order valence-corrected chi connectivity index (χ3v) is 3.17. The highest BCUT2D eigenvalue weighted by molar-refractivity contribution is 9.08. The van der Waals surface area contributed by atoms with Crippen molar-refractivity contribution in [1.82, 2.24) is 14.6 Å². The number of rotatable bonds is 2. The zero-order chi connectivity index (χ0) is 14.9. The zero-order valence-electron chi connectivity index (χ0n) is 11.9. The fraction of sp³-hybridized carbons (Fsp3) is 0.462. The largest absolute Gasteiger partial charge is 0.444 e. The van der Waals surface area contributed by atoms with Crippen LogP contribution in [0.1, 0.15) is 32.2 Å². The third-order valence-electron chi connectivity index (χ3n) is 2.52. The average Bonchev–Trinajstić information content (AvgIpc) is 2.69. The molecule has 0 aliphatic carbocycles. The van der Waals surface area contributed by atoms with Gasteiger partial charge in [0.2, 0.25) is 0 Å². The van der Waals surface area contributed by atoms with Crippen molar-refractivity contribution in [3.8, 4) is 0 Å². The number of carbonyl (C=O) groups is 1. The van der Waals surface area contributed by atoms with Gasteiger partial charge < -0.3 is 4.74 Å². The molecular formula is C13H17BrN4O2. The van der Waals surface area contributed by atoms with E-state index >= 15 is 0 Å². The smallest absolute Gasteiger partial charge is 0.412 e. The molecule has 0 aliphatic heterocycles. The van der Waals surface area contributed by atoms with E-state index in [1.54, 1.807) is 0 Å². The van der Waals surface area contributed by atoms with E-state index in [0.29, 0.717) is 16.7 Å². The van der Waals surface area contributed by atoms with Crippen LogP contribution in [0.3, 0.4) is 0 Å². The second-order valence-electron chi connectivity index (χ2n) is 5.46. The minimum absolute atomic E-state index is 0.508. The van der Waals surface area contributed by atoms with Gasteiger partial charge in [-0.25, -0.2) is 4.79 Å². The number of nitrogens with one attached hydrogen (secondary N) is 1. The van der Waals surface area contributed by atoms with Crippen molar-refractivity contribution in [2.24, 2.45) is 0 Å². The molecule has 20 heavy (non-hydrogen) atoms. The maximum absolute atomic E-state index is 11.9. The van der Waals surface area contributed by atoms with E-state index in [0.717, 1.165) is 11.4 Å². The molecule has 2 heterocycles. The van der Waals surface area contributed by atoms with E-state index in [1.165, 1.54) is 0 Å². The van der Waals surface area contributed by atoms with Crippen LogP contribution in [0.2, 0.25) is 0 Å². The van der Waals surface area contributed by atoms with E-state index in [-0.39, 0.29) is 0 Å². The average molecular weight is 341 g/mol. The Kier molecular flexibility index (Phi) is 3.99. The Hall–Kier alpha value is -1.63. The molecule has 0 bridgehead atoms. The van der Waals surface area contributed by atoms with Gasteiger partial charge in [-0.2, -0.15) is 0 Å². The van der Waals surface area contributed by atoms with Gasteiger partial charge in [0.05, 0.1) is 5.69 Å². The number of anilines is 1. The topological polar surface area (TPSA) is 68.5 Å². The maximum atomic E-state index is 11.9. The fourth-order valence-electron chi connectivity index (χ4n) is 1.74. The van der Waals surface area contributed by atoms with Gasteiger partial charge in [0.15, 0.2) is 5.65 Å². The number of aromatic nitrogens is 3. The number of alkyl halides is 1. The van der Waals surface area contributed by atoms with Crippen LogP contribution in [0.5, 0.6) is 0 Å². The van der Waals surface area contributed by atoms with E-state index in [4.69, 9.17) is 4.74 Å². The van der Waals surface area contributed by atoms with Gasteiger partial charge in [-0.15, -0.1) is 10.2 Å². The first-order valence-electron chi connectivity index (χ1n) is 6.20. The molecule has 2 rings (SSSR count). The molecule has 0 atom stereocenters. The Balaban J connectivity index is 2.36. The Morgan fingerprint density at radius 3 is 2.75 bits per heavy atom. The molecule has 0 saturated heterocycles. The van der Waals surface area contributed by atoms with Crippen molar-refractivity contribution >= 4 is 33.4 Å². The molecule has 0 aliphatic rings. The van der Waals surface area contributed by atoms with Crippen LogP contribution in [0, 0.1) is 6.92 Å². The Bertz CT molecular complexity index is 646. The van der Waals surface area contributed by atoms with Crippen molar-refractivity contribution in [2.75, 3.05) is 5.32 Å². The monoisotopic (exact) mass is 340 g/mol. The molecule has 7 heteroatoms. The first-order valence-corrected chi connectivity index (χ1v) is 7.32. The van der Waals surface area contributed by atoms with E-state index in [1.807, 2.05) is 44.4 Å². The summed E-state index contributed by atoms with van der Waals surface area (Å²) < 4.78 is 7.09. The van der Waals surface area contributed by atoms with Crippen LogP contribution < -0.4 is 5.32 Å². The molecule has 1 amide bonds. The van der Waals surface area contributed by atoms with Gasteiger partial charge >= 0.3 is 6.09 Å². The van der Waals surface area contributed by atoms with Crippen molar-refractivity contribution in [2.45, 2.75) is 38.6 Å². The van der Waals surface area contributed by atoms with Crippen LogP contribution in [-0.4, -0.2) is 26.3 Å². The summed E-state index contributed by atoms with van der Waals surface area (Å²) in [5, 5.41) is 11.5. The number of nitrogens with zero attached hydrogens (tertiary/aromatic N) is 3. The molecular weight excluding hydrogens is 324 g/mol. The number of pyridine rings is 1. The standard InChI is InChI=1S/C13H17BrN4O2/c1-8-16-17-11-10(5-9(6-14)7-18(8)11)15-12(19)20-13(2,3)4/h5,7H,6H2,1-4H3,(H,15,19). The van der Waals surface area contributed by atoms with Crippen molar-refractivity contribution in [3.63, 3.8) is 0 Å². The Morgan fingerprint density at radius 1 is 1.45 bits per heavy atom. The van der Waals surface area contributed by atoms with Crippen LogP contribution >= 0.6 is 15.9 Å². The lowest BCUT2D eigenvalue weighted by atomic mass is 10.2. The lowest BCUT2D eigenvalue weighted by molar-refractivity contribution is 0.0636. The summed E-state index contributed by atoms with van der Waals surface area (Å²) in [7, 11) is 0. The molecule has 1 N–H and O–H groups in total. The predicted molar refractivity (Wildman–Crippen MR) is 80.2 cm³/mol. The van der Waals surface area contributed by atoms with Crippen LogP contribution in [0.4, 0.5) is 10.5 Å². The van der Waals surface area contributed by atoms with Gasteiger partial charge in [-0.3, -0.25) is 9.72 Å². The number of ether oxygens (including phenoxy) is 1. The molecule has 2 aromatic rings. The number of hydrogen-bond donors (Lipinski definition) is 1. The normalized spacial score (nSPS) is 11.7. The molecule has 0 aromatic carbocycles. The Morgan fingerprint density at radius 2 is 2.15 bits per heavy atom. The number of halogens is 1. The number of amides is 1. The molecule has 0 spiro atoms. The van der Waals surface area contributed by atoms with Gasteiger partial charge in [-0.1, -0.05) is 15.9 Å². The number of carbonyl (C=O) groups excluding carboxylic acids is 1. The Labute approximate surface area is 125 Å². The number of aryl methyl sites for hydroxylation is 1. The minimum Gasteiger partial charge on any atom is -0.444 e. The molecule has 0 unspecified atom stereocenters. The van der Waals surface area contributed by atoms with Crippen LogP contribution in [0.25, 0.3) is 5.65 Å². The van der Waals surface area contributed by atoms with E-state index < -0.39 is 11.7 Å². The van der Waals surface area contributed by atoms with Gasteiger partial charge in [-0.05, 0) is 39.3 Å². The summed E-state index contributed by atoms with van der Waals surface area (Å²) in [6.45, 7) is 7.31. The quantitative estimate of drug-likeness (QED) is 0.851. The zero-order valence-corrected chi connectivity index (χ0v) is 13.5. The number of hydrogen-bond acceptors (Lipinski definition) is 4. The SMILES string of the molecule is Cc1nnc2c(NC(=O)OC(C)(C)C)cc(CBr)cn12. The summed E-state index contributed by atoms with van der Waals surface area (Å²) in [5.41, 5.74) is 1.64. The molecule has 6 nitrogen and oxygen atoms in total. The minimum atomic E-state index is -0.545. The first kappa shape index (κ1) is 14.8. The molecule has 108 valence electrons. The van der Waals surface area contributed by atoms with Gasteiger partial charge in [0.25, 0.3) is 0 Å². The maximum Gasteiger partial charge on any atom is 0.412 e. The lowest BCUT2D eigenvalue weighted by Crippen LogP contribution is -2.27. The molecule has 0 radical (unpaired) electrons. The lowest BCUT2D eigenvalue weighted by Gasteiger charge is -2.19.